The van der Waals surface area contributed by atoms with E-state index in [4.69, 9.17) is 5.73 Å². The van der Waals surface area contributed by atoms with Crippen molar-refractivity contribution in [1.82, 2.24) is 8.96 Å². The van der Waals surface area contributed by atoms with E-state index in [9.17, 15) is 17.2 Å². The average molecular weight is 377 g/mol. The van der Waals surface area contributed by atoms with Gasteiger partial charge in [-0.3, -0.25) is 0 Å². The first-order valence-electron chi connectivity index (χ1n) is 7.80. The summed E-state index contributed by atoms with van der Waals surface area (Å²) in [5, 5.41) is -0.713. The molecule has 0 radical (unpaired) electrons. The van der Waals surface area contributed by atoms with E-state index >= 15 is 0 Å². The fourth-order valence-corrected chi connectivity index (χ4v) is 3.77. The van der Waals surface area contributed by atoms with Crippen molar-refractivity contribution >= 4 is 32.6 Å². The molecular formula is C18H17F2N3O2S. The highest BCUT2D eigenvalue weighted by molar-refractivity contribution is 7.90. The molecule has 0 aliphatic rings. The van der Waals surface area contributed by atoms with Gasteiger partial charge >= 0.3 is 0 Å². The van der Waals surface area contributed by atoms with E-state index in [1.807, 2.05) is 0 Å². The van der Waals surface area contributed by atoms with Crippen LogP contribution in [0.2, 0.25) is 0 Å². The van der Waals surface area contributed by atoms with Crippen LogP contribution < -0.4 is 5.73 Å². The first kappa shape index (κ1) is 18.1. The number of rotatable bonds is 4. The Bertz CT molecular complexity index is 1130. The highest BCUT2D eigenvalue weighted by Gasteiger charge is 2.24. The molecule has 136 valence electrons. The van der Waals surface area contributed by atoms with E-state index in [0.29, 0.717) is 11.1 Å². The molecule has 0 saturated heterocycles. The molecule has 26 heavy (non-hydrogen) atoms. The molecule has 2 aromatic carbocycles. The van der Waals surface area contributed by atoms with Crippen molar-refractivity contribution in [3.8, 4) is 0 Å². The third-order valence-electron chi connectivity index (χ3n) is 4.09. The highest BCUT2D eigenvalue weighted by atomic mass is 32.2. The lowest BCUT2D eigenvalue weighted by Gasteiger charge is -2.12. The number of fused-ring (bicyclic) bond motifs is 1. The van der Waals surface area contributed by atoms with Gasteiger partial charge in [-0.2, -0.15) is 0 Å². The van der Waals surface area contributed by atoms with Gasteiger partial charge < -0.3 is 5.73 Å². The van der Waals surface area contributed by atoms with Gasteiger partial charge in [-0.15, -0.1) is 0 Å². The molecule has 1 aromatic heterocycles. The Morgan fingerprint density at radius 1 is 1.19 bits per heavy atom. The first-order chi connectivity index (χ1) is 12.1. The minimum absolute atomic E-state index is 0.00453. The Kier molecular flexibility index (Phi) is 4.31. The molecule has 0 amide bonds. The molecule has 1 heterocycles. The minimum Gasteiger partial charge on any atom is -0.368 e. The molecule has 0 bridgehead atoms. The fraction of sp³-hybridized carbons (Fsp3) is 0.167. The monoisotopic (exact) mass is 377 g/mol. The summed E-state index contributed by atoms with van der Waals surface area (Å²) in [7, 11) is -3.75. The number of nitrogens with two attached hydrogens (primary N) is 1. The second-order valence-corrected chi connectivity index (χ2v) is 8.47. The number of benzene rings is 2. The van der Waals surface area contributed by atoms with Crippen LogP contribution in [0.3, 0.4) is 0 Å². The zero-order chi connectivity index (χ0) is 19.2. The Hall–Kier alpha value is -2.74. The van der Waals surface area contributed by atoms with E-state index in [-0.39, 0.29) is 22.6 Å². The van der Waals surface area contributed by atoms with E-state index in [0.717, 1.165) is 22.2 Å². The lowest BCUT2D eigenvalue weighted by Crippen LogP contribution is -2.23. The summed E-state index contributed by atoms with van der Waals surface area (Å²) in [5.74, 6) is -1.38. The summed E-state index contributed by atoms with van der Waals surface area (Å²) >= 11 is 0. The van der Waals surface area contributed by atoms with E-state index in [2.05, 4.69) is 11.6 Å². The van der Waals surface area contributed by atoms with Crippen molar-refractivity contribution in [1.29, 1.82) is 0 Å². The molecule has 0 aliphatic heterocycles. The van der Waals surface area contributed by atoms with Crippen LogP contribution in [0, 0.1) is 11.6 Å². The quantitative estimate of drug-likeness (QED) is 0.754. The Morgan fingerprint density at radius 3 is 2.54 bits per heavy atom. The molecule has 0 unspecified atom stereocenters. The van der Waals surface area contributed by atoms with Crippen LogP contribution in [0.4, 0.5) is 14.7 Å². The molecule has 0 atom stereocenters. The fourth-order valence-electron chi connectivity index (χ4n) is 2.62. The number of aromatic nitrogens is 2. The predicted octanol–water partition coefficient (Wildman–Crippen LogP) is 3.54. The molecule has 0 spiro atoms. The smallest absolute Gasteiger partial charge is 0.244 e. The van der Waals surface area contributed by atoms with Gasteiger partial charge in [0.2, 0.25) is 16.0 Å². The van der Waals surface area contributed by atoms with Gasteiger partial charge in [0.25, 0.3) is 0 Å². The van der Waals surface area contributed by atoms with Gasteiger partial charge in [-0.25, -0.2) is 26.2 Å². The van der Waals surface area contributed by atoms with Crippen molar-refractivity contribution in [3.05, 3.63) is 65.7 Å². The van der Waals surface area contributed by atoms with Crippen LogP contribution in [0.15, 0.2) is 43.0 Å². The van der Waals surface area contributed by atoms with Crippen LogP contribution in [-0.2, 0) is 10.0 Å². The number of nitrogens with zero attached hydrogens (tertiary/aromatic N) is 2. The number of hydrogen-bond acceptors (Lipinski definition) is 4. The third-order valence-corrected chi connectivity index (χ3v) is 6.17. The topological polar surface area (TPSA) is 78.0 Å². The summed E-state index contributed by atoms with van der Waals surface area (Å²) in [6.45, 7) is 6.89. The van der Waals surface area contributed by atoms with Crippen molar-refractivity contribution < 1.29 is 17.2 Å². The molecule has 0 aliphatic carbocycles. The summed E-state index contributed by atoms with van der Waals surface area (Å²) in [6, 6.07) is 7.74. The molecule has 5 nitrogen and oxygen atoms in total. The average Bonchev–Trinajstić information content (AvgIpc) is 2.91. The van der Waals surface area contributed by atoms with Gasteiger partial charge in [0.1, 0.15) is 11.6 Å². The number of halogens is 2. The maximum atomic E-state index is 14.0. The van der Waals surface area contributed by atoms with Crippen LogP contribution in [0.1, 0.15) is 25.0 Å². The number of imidazole rings is 1. The Labute approximate surface area is 149 Å². The zero-order valence-electron chi connectivity index (χ0n) is 14.2. The zero-order valence-corrected chi connectivity index (χ0v) is 15.0. The van der Waals surface area contributed by atoms with Gasteiger partial charge in [-0.1, -0.05) is 12.6 Å². The summed E-state index contributed by atoms with van der Waals surface area (Å²) in [6.07, 6.45) is 0. The van der Waals surface area contributed by atoms with Gasteiger partial charge in [-0.05, 0) is 55.3 Å². The Morgan fingerprint density at radius 2 is 1.88 bits per heavy atom. The molecule has 8 heteroatoms. The van der Waals surface area contributed by atoms with E-state index < -0.39 is 26.9 Å². The number of hydrogen-bond donors (Lipinski definition) is 1. The maximum absolute atomic E-state index is 14.0. The second kappa shape index (κ2) is 6.21. The van der Waals surface area contributed by atoms with Crippen LogP contribution in [0.5, 0.6) is 0 Å². The largest absolute Gasteiger partial charge is 0.368 e. The molecular weight excluding hydrogens is 360 g/mol. The van der Waals surface area contributed by atoms with Crippen LogP contribution >= 0.6 is 0 Å². The van der Waals surface area contributed by atoms with Crippen molar-refractivity contribution in [2.45, 2.75) is 19.1 Å². The van der Waals surface area contributed by atoms with Crippen LogP contribution in [-0.4, -0.2) is 22.6 Å². The minimum atomic E-state index is -3.75. The molecule has 0 fully saturated rings. The highest BCUT2D eigenvalue weighted by Crippen LogP contribution is 2.29. The van der Waals surface area contributed by atoms with E-state index in [1.165, 1.54) is 19.9 Å². The second-order valence-electron chi connectivity index (χ2n) is 6.13. The van der Waals surface area contributed by atoms with Crippen LogP contribution in [0.25, 0.3) is 16.6 Å². The normalized spacial score (nSPS) is 12.0. The van der Waals surface area contributed by atoms with Crippen molar-refractivity contribution in [3.63, 3.8) is 0 Å². The number of nitrogen functional groups attached to an aromatic ring is 1. The molecule has 2 N–H and O–H groups in total. The molecule has 3 aromatic rings. The van der Waals surface area contributed by atoms with Crippen molar-refractivity contribution in [2.24, 2.45) is 0 Å². The standard InChI is InChI=1S/C18H17F2N3O2S/c1-10(2)26(24,25)23-17-8-12(4-7-16(17)22-18(23)21)11(3)14-9-13(19)5-6-15(14)20/h4-10H,3H2,1-2H3,(H2,21,22). The summed E-state index contributed by atoms with van der Waals surface area (Å²) in [4.78, 5) is 4.06. The van der Waals surface area contributed by atoms with Gasteiger partial charge in [0, 0.05) is 5.56 Å². The summed E-state index contributed by atoms with van der Waals surface area (Å²) < 4.78 is 53.6. The van der Waals surface area contributed by atoms with Crippen molar-refractivity contribution in [2.75, 3.05) is 5.73 Å². The van der Waals surface area contributed by atoms with E-state index in [1.54, 1.807) is 12.1 Å². The lowest BCUT2D eigenvalue weighted by molar-refractivity contribution is 0.580. The third kappa shape index (κ3) is 2.86. The first-order valence-corrected chi connectivity index (χ1v) is 9.30. The summed E-state index contributed by atoms with van der Waals surface area (Å²) in [5.41, 5.74) is 7.08. The predicted molar refractivity (Wildman–Crippen MR) is 98.1 cm³/mol. The van der Waals surface area contributed by atoms with Gasteiger partial charge in [0.15, 0.2) is 0 Å². The Balaban J connectivity index is 2.21. The SMILES string of the molecule is C=C(c1ccc2nc(N)n(S(=O)(=O)C(C)C)c2c1)c1cc(F)ccc1F. The molecule has 3 rings (SSSR count). The number of anilines is 1. The molecule has 0 saturated carbocycles. The maximum Gasteiger partial charge on any atom is 0.244 e. The van der Waals surface area contributed by atoms with Gasteiger partial charge in [0.05, 0.1) is 16.3 Å². The lowest BCUT2D eigenvalue weighted by atomic mass is 9.98.